The molecular weight excluding hydrogens is 419 g/mol. The third kappa shape index (κ3) is 6.23. The molecule has 8 heteroatoms. The zero-order chi connectivity index (χ0) is 23.1. The van der Waals surface area contributed by atoms with Crippen molar-refractivity contribution in [2.75, 3.05) is 25.1 Å². The summed E-state index contributed by atoms with van der Waals surface area (Å²) in [5.74, 6) is 0.00974. The lowest BCUT2D eigenvalue weighted by Gasteiger charge is -2.31. The number of fused-ring (bicyclic) bond motifs is 1. The molecule has 2 aliphatic heterocycles. The van der Waals surface area contributed by atoms with Crippen molar-refractivity contribution in [2.45, 2.75) is 50.9 Å². The van der Waals surface area contributed by atoms with E-state index in [2.05, 4.69) is 35.6 Å². The molecule has 3 N–H and O–H groups in total. The molecule has 0 spiro atoms. The Kier molecular flexibility index (Phi) is 8.15. The fourth-order valence-corrected chi connectivity index (χ4v) is 4.14. The number of piperidine rings is 1. The molecule has 2 heterocycles. The van der Waals surface area contributed by atoms with Crippen LogP contribution < -0.4 is 20.7 Å². The Morgan fingerprint density at radius 1 is 1.16 bits per heavy atom. The second kappa shape index (κ2) is 10.8. The Bertz CT molecular complexity index is 897. The topological polar surface area (TPSA) is 67.6 Å². The molecule has 2 aromatic rings. The predicted molar refractivity (Wildman–Crippen MR) is 119 cm³/mol. The van der Waals surface area contributed by atoms with Gasteiger partial charge in [-0.05, 0) is 49.1 Å². The minimum absolute atomic E-state index is 0.0637. The van der Waals surface area contributed by atoms with Crippen LogP contribution >= 0.6 is 0 Å². The van der Waals surface area contributed by atoms with E-state index in [1.807, 2.05) is 0 Å². The van der Waals surface area contributed by atoms with Crippen molar-refractivity contribution < 1.29 is 22.7 Å². The molecule has 1 amide bonds. The second-order valence-electron chi connectivity index (χ2n) is 8.01. The summed E-state index contributed by atoms with van der Waals surface area (Å²) in [6.07, 6.45) is 0.0327. The van der Waals surface area contributed by atoms with Crippen LogP contribution in [0.4, 0.5) is 18.9 Å². The molecular formula is C24H30F3N3O2. The van der Waals surface area contributed by atoms with Crippen LogP contribution in [0.25, 0.3) is 0 Å². The number of alkyl halides is 3. The monoisotopic (exact) mass is 449 g/mol. The number of carbonyl (C=O) groups excluding carboxylic acids is 1. The number of nitrogens with one attached hydrogen (secondary N) is 1. The number of halogens is 3. The predicted octanol–water partition coefficient (Wildman–Crippen LogP) is 4.50. The van der Waals surface area contributed by atoms with Crippen LogP contribution in [0.3, 0.4) is 0 Å². The first kappa shape index (κ1) is 24.1. The summed E-state index contributed by atoms with van der Waals surface area (Å²) in [6, 6.07) is 14.5. The molecule has 1 fully saturated rings. The van der Waals surface area contributed by atoms with Crippen LogP contribution in [0.15, 0.2) is 42.5 Å². The van der Waals surface area contributed by atoms with Crippen molar-refractivity contribution >= 4 is 11.6 Å². The minimum atomic E-state index is -4.44. The lowest BCUT2D eigenvalue weighted by molar-refractivity contribution is -0.132. The quantitative estimate of drug-likeness (QED) is 0.722. The van der Waals surface area contributed by atoms with Gasteiger partial charge in [-0.25, -0.2) is 0 Å². The molecule has 0 radical (unpaired) electrons. The van der Waals surface area contributed by atoms with E-state index in [-0.39, 0.29) is 18.7 Å². The van der Waals surface area contributed by atoms with E-state index in [1.165, 1.54) is 44.5 Å². The second-order valence-corrected chi connectivity index (χ2v) is 8.01. The van der Waals surface area contributed by atoms with Crippen LogP contribution in [0.1, 0.15) is 48.4 Å². The average Bonchev–Trinajstić information content (AvgIpc) is 2.81. The van der Waals surface area contributed by atoms with E-state index in [0.717, 1.165) is 4.90 Å². The summed E-state index contributed by atoms with van der Waals surface area (Å²) in [7, 11) is 1.47. The lowest BCUT2D eigenvalue weighted by Crippen LogP contribution is -2.41. The fraction of sp³-hybridized carbons (Fsp3) is 0.458. The van der Waals surface area contributed by atoms with Gasteiger partial charge in [0, 0.05) is 30.3 Å². The van der Waals surface area contributed by atoms with Gasteiger partial charge in [0.1, 0.15) is 12.3 Å². The summed E-state index contributed by atoms with van der Waals surface area (Å²) < 4.78 is 42.9. The first-order valence-electron chi connectivity index (χ1n) is 10.9. The zero-order valence-electron chi connectivity index (χ0n) is 18.3. The van der Waals surface area contributed by atoms with Crippen molar-refractivity contribution in [3.05, 3.63) is 59.2 Å². The molecule has 4 rings (SSSR count). The van der Waals surface area contributed by atoms with Crippen molar-refractivity contribution in [3.8, 4) is 5.75 Å². The molecule has 0 saturated carbocycles. The number of ether oxygens (including phenoxy) is 1. The summed E-state index contributed by atoms with van der Waals surface area (Å²) in [6.45, 7) is 0.0270. The van der Waals surface area contributed by atoms with Gasteiger partial charge in [-0.2, -0.15) is 13.2 Å². The third-order valence-corrected chi connectivity index (χ3v) is 5.75. The highest BCUT2D eigenvalue weighted by Crippen LogP contribution is 2.35. The SMILES string of the molecule is COc1cc2c(cc1CN)N(CC(F)(F)F)C(=O)CC2.c1ccc([C@H]2CCCCN2)cc1. The number of nitrogens with two attached hydrogens (primary N) is 1. The van der Waals surface area contributed by atoms with Gasteiger partial charge in [-0.3, -0.25) is 4.79 Å². The highest BCUT2D eigenvalue weighted by molar-refractivity contribution is 5.96. The Morgan fingerprint density at radius 2 is 1.91 bits per heavy atom. The maximum Gasteiger partial charge on any atom is 0.406 e. The molecule has 0 unspecified atom stereocenters. The molecule has 1 atom stereocenters. The van der Waals surface area contributed by atoms with Crippen molar-refractivity contribution in [1.29, 1.82) is 0 Å². The first-order valence-corrected chi connectivity index (χ1v) is 10.9. The first-order chi connectivity index (χ1) is 15.3. The standard InChI is InChI=1S/C13H15F3N2O2.C11H15N/c1-20-11-5-8-2-3-12(19)18(7-13(14,15)16)10(8)4-9(11)6-17;1-2-6-10(7-3-1)11-8-4-5-9-12-11/h4-5H,2-3,6-7,17H2,1H3;1-3,6-7,11-12H,4-5,8-9H2/t;11-/m.1/s1. The van der Waals surface area contributed by atoms with E-state index in [1.54, 1.807) is 6.07 Å². The number of nitrogens with zero attached hydrogens (tertiary/aromatic N) is 1. The van der Waals surface area contributed by atoms with E-state index >= 15 is 0 Å². The molecule has 5 nitrogen and oxygen atoms in total. The third-order valence-electron chi connectivity index (χ3n) is 5.75. The number of hydrogen-bond donors (Lipinski definition) is 2. The van der Waals surface area contributed by atoms with Gasteiger partial charge in [0.05, 0.1) is 7.11 Å². The van der Waals surface area contributed by atoms with Crippen LogP contribution in [-0.2, 0) is 17.8 Å². The van der Waals surface area contributed by atoms with Crippen molar-refractivity contribution in [2.24, 2.45) is 5.73 Å². The summed E-state index contributed by atoms with van der Waals surface area (Å²) in [5.41, 5.74) is 8.53. The summed E-state index contributed by atoms with van der Waals surface area (Å²) in [4.78, 5) is 12.5. The Hall–Kier alpha value is -2.58. The van der Waals surface area contributed by atoms with E-state index in [4.69, 9.17) is 10.5 Å². The van der Waals surface area contributed by atoms with Crippen molar-refractivity contribution in [3.63, 3.8) is 0 Å². The van der Waals surface area contributed by atoms with Crippen LogP contribution in [0, 0.1) is 0 Å². The van der Waals surface area contributed by atoms with Crippen LogP contribution in [0.5, 0.6) is 5.75 Å². The van der Waals surface area contributed by atoms with Gasteiger partial charge in [0.15, 0.2) is 0 Å². The highest BCUT2D eigenvalue weighted by Gasteiger charge is 2.36. The smallest absolute Gasteiger partial charge is 0.406 e. The molecule has 2 aliphatic rings. The minimum Gasteiger partial charge on any atom is -0.496 e. The number of amides is 1. The van der Waals surface area contributed by atoms with Gasteiger partial charge < -0.3 is 20.7 Å². The normalized spacial score (nSPS) is 18.5. The van der Waals surface area contributed by atoms with Crippen LogP contribution in [-0.4, -0.2) is 32.3 Å². The number of carbonyl (C=O) groups is 1. The Labute approximate surface area is 186 Å². The zero-order valence-corrected chi connectivity index (χ0v) is 18.3. The molecule has 0 aliphatic carbocycles. The number of methoxy groups -OCH3 is 1. The molecule has 1 saturated heterocycles. The largest absolute Gasteiger partial charge is 0.496 e. The van der Waals surface area contributed by atoms with E-state index < -0.39 is 18.6 Å². The van der Waals surface area contributed by atoms with Gasteiger partial charge in [0.2, 0.25) is 5.91 Å². The Balaban J connectivity index is 0.000000204. The number of hydrogen-bond acceptors (Lipinski definition) is 4. The average molecular weight is 450 g/mol. The van der Waals surface area contributed by atoms with Gasteiger partial charge >= 0.3 is 6.18 Å². The van der Waals surface area contributed by atoms with Gasteiger partial charge in [-0.1, -0.05) is 36.8 Å². The van der Waals surface area contributed by atoms with E-state index in [9.17, 15) is 18.0 Å². The maximum absolute atomic E-state index is 12.6. The lowest BCUT2D eigenvalue weighted by atomic mass is 9.98. The van der Waals surface area contributed by atoms with E-state index in [0.29, 0.717) is 29.3 Å². The molecule has 2 aromatic carbocycles. The van der Waals surface area contributed by atoms with Gasteiger partial charge in [0.25, 0.3) is 0 Å². The Morgan fingerprint density at radius 3 is 2.50 bits per heavy atom. The number of benzene rings is 2. The summed E-state index contributed by atoms with van der Waals surface area (Å²) in [5, 5.41) is 3.54. The maximum atomic E-state index is 12.6. The summed E-state index contributed by atoms with van der Waals surface area (Å²) >= 11 is 0. The molecule has 174 valence electrons. The molecule has 32 heavy (non-hydrogen) atoms. The number of aryl methyl sites for hydroxylation is 1. The van der Waals surface area contributed by atoms with Crippen LogP contribution in [0.2, 0.25) is 0 Å². The molecule has 0 aromatic heterocycles. The fourth-order valence-electron chi connectivity index (χ4n) is 4.14. The molecule has 0 bridgehead atoms. The number of anilines is 1. The highest BCUT2D eigenvalue weighted by atomic mass is 19.4. The number of rotatable bonds is 4. The van der Waals surface area contributed by atoms with Gasteiger partial charge in [-0.15, -0.1) is 0 Å². The van der Waals surface area contributed by atoms with Crippen molar-refractivity contribution in [1.82, 2.24) is 5.32 Å².